The van der Waals surface area contributed by atoms with E-state index >= 15 is 0 Å². The van der Waals surface area contributed by atoms with Gasteiger partial charge in [0.15, 0.2) is 0 Å². The Bertz CT molecular complexity index is 617. The third-order valence-corrected chi connectivity index (χ3v) is 4.58. The number of amides is 1. The van der Waals surface area contributed by atoms with Crippen LogP contribution in [0, 0.1) is 23.2 Å². The molecular formula is C16H20N4O2. The van der Waals surface area contributed by atoms with Crippen molar-refractivity contribution in [3.8, 4) is 6.07 Å². The van der Waals surface area contributed by atoms with Crippen molar-refractivity contribution in [1.82, 2.24) is 9.88 Å². The first kappa shape index (κ1) is 14.6. The zero-order valence-corrected chi connectivity index (χ0v) is 13.0. The molecule has 1 aromatic rings. The van der Waals surface area contributed by atoms with Gasteiger partial charge < -0.3 is 10.0 Å². The summed E-state index contributed by atoms with van der Waals surface area (Å²) < 4.78 is 0. The number of carboxylic acid groups (broad SMARTS) is 1. The molecule has 0 bridgehead atoms. The summed E-state index contributed by atoms with van der Waals surface area (Å²) in [6.45, 7) is 7.47. The molecule has 22 heavy (non-hydrogen) atoms. The van der Waals surface area contributed by atoms with Crippen molar-refractivity contribution in [2.45, 2.75) is 32.4 Å². The number of fused-ring (bicyclic) bond motifs is 1. The number of carbonyl (C=O) groups is 1. The number of rotatable bonds is 2. The van der Waals surface area contributed by atoms with Crippen LogP contribution in [0.5, 0.6) is 0 Å². The molecule has 6 nitrogen and oxygen atoms in total. The quantitative estimate of drug-likeness (QED) is 0.905. The van der Waals surface area contributed by atoms with Gasteiger partial charge in [-0.1, -0.05) is 0 Å². The molecule has 0 unspecified atom stereocenters. The van der Waals surface area contributed by atoms with Gasteiger partial charge in [0.2, 0.25) is 0 Å². The van der Waals surface area contributed by atoms with Crippen LogP contribution < -0.4 is 4.90 Å². The number of piperidine rings is 1. The maximum Gasteiger partial charge on any atom is 0.408 e. The van der Waals surface area contributed by atoms with Crippen LogP contribution in [-0.2, 0) is 0 Å². The van der Waals surface area contributed by atoms with Gasteiger partial charge in [0.25, 0.3) is 0 Å². The summed E-state index contributed by atoms with van der Waals surface area (Å²) in [4.78, 5) is 19.6. The van der Waals surface area contributed by atoms with E-state index in [2.05, 4.69) is 16.0 Å². The third-order valence-electron chi connectivity index (χ3n) is 4.58. The molecule has 0 radical (unpaired) electrons. The Morgan fingerprint density at radius 2 is 2.05 bits per heavy atom. The lowest BCUT2D eigenvalue weighted by Gasteiger charge is -2.35. The fourth-order valence-electron chi connectivity index (χ4n) is 3.57. The van der Waals surface area contributed by atoms with Crippen LogP contribution in [0.25, 0.3) is 0 Å². The molecule has 3 rings (SSSR count). The summed E-state index contributed by atoms with van der Waals surface area (Å²) in [5.41, 5.74) is 0.175. The van der Waals surface area contributed by atoms with E-state index in [0.29, 0.717) is 17.4 Å². The predicted octanol–water partition coefficient (Wildman–Crippen LogP) is 2.17. The maximum atomic E-state index is 11.6. The number of nitrogens with zero attached hydrogens (tertiary/aromatic N) is 4. The number of nitriles is 1. The van der Waals surface area contributed by atoms with E-state index in [4.69, 9.17) is 5.26 Å². The van der Waals surface area contributed by atoms with Crippen LogP contribution in [0.4, 0.5) is 10.6 Å². The third kappa shape index (κ3) is 2.37. The molecule has 2 fully saturated rings. The smallest absolute Gasteiger partial charge is 0.408 e. The molecule has 0 aromatic carbocycles. The number of anilines is 1. The van der Waals surface area contributed by atoms with Crippen LogP contribution in [0.1, 0.15) is 26.3 Å². The van der Waals surface area contributed by atoms with Crippen molar-refractivity contribution in [2.24, 2.45) is 11.8 Å². The first-order valence-corrected chi connectivity index (χ1v) is 7.46. The van der Waals surface area contributed by atoms with Crippen LogP contribution >= 0.6 is 0 Å². The Morgan fingerprint density at radius 1 is 1.41 bits per heavy atom. The van der Waals surface area contributed by atoms with Crippen molar-refractivity contribution < 1.29 is 9.90 Å². The largest absolute Gasteiger partial charge is 0.465 e. The zero-order chi connectivity index (χ0) is 16.1. The highest BCUT2D eigenvalue weighted by Gasteiger charge is 2.61. The van der Waals surface area contributed by atoms with Crippen LogP contribution in [-0.4, -0.2) is 45.8 Å². The van der Waals surface area contributed by atoms with E-state index in [1.165, 1.54) is 0 Å². The molecule has 2 heterocycles. The Morgan fingerprint density at radius 3 is 2.45 bits per heavy atom. The molecule has 116 valence electrons. The number of hydrogen-bond donors (Lipinski definition) is 1. The van der Waals surface area contributed by atoms with E-state index in [1.54, 1.807) is 17.2 Å². The number of pyridine rings is 1. The molecule has 2 aliphatic rings. The summed E-state index contributed by atoms with van der Waals surface area (Å²) in [5.74, 6) is 1.63. The van der Waals surface area contributed by atoms with Crippen LogP contribution in [0.15, 0.2) is 18.3 Å². The molecule has 1 saturated heterocycles. The lowest BCUT2D eigenvalue weighted by atomic mass is 10.1. The molecule has 1 aliphatic carbocycles. The summed E-state index contributed by atoms with van der Waals surface area (Å²) in [6, 6.07) is 5.80. The summed E-state index contributed by atoms with van der Waals surface area (Å²) in [5, 5.41) is 18.3. The van der Waals surface area contributed by atoms with Gasteiger partial charge in [0.05, 0.1) is 5.56 Å². The molecule has 1 saturated carbocycles. The van der Waals surface area contributed by atoms with Gasteiger partial charge in [0, 0.05) is 42.7 Å². The standard InChI is InChI=1S/C16H20N4O2/c1-16(2,3)20(15(21)22)14-11-8-19(9-12(11)14)13-5-4-10(6-17)7-18-13/h4-5,7,11-12,14H,8-9H2,1-3H3,(H,21,22)/t11-,12+,14-. The van der Waals surface area contributed by atoms with E-state index < -0.39 is 6.09 Å². The Kier molecular flexibility index (Phi) is 3.24. The second-order valence-electron chi connectivity index (χ2n) is 7.06. The molecule has 1 amide bonds. The molecule has 1 aliphatic heterocycles. The van der Waals surface area contributed by atoms with Crippen molar-refractivity contribution in [2.75, 3.05) is 18.0 Å². The SMILES string of the molecule is CC(C)(C)N(C(=O)O)[C@@H]1[C@@H]2CN(c3ccc(C#N)cn3)C[C@@H]21. The van der Waals surface area contributed by atoms with Gasteiger partial charge in [-0.25, -0.2) is 9.78 Å². The molecule has 3 atom stereocenters. The lowest BCUT2D eigenvalue weighted by molar-refractivity contribution is 0.0881. The fraction of sp³-hybridized carbons (Fsp3) is 0.562. The Hall–Kier alpha value is -2.29. The van der Waals surface area contributed by atoms with Gasteiger partial charge >= 0.3 is 6.09 Å². The number of aromatic nitrogens is 1. The molecular weight excluding hydrogens is 280 g/mol. The van der Waals surface area contributed by atoms with Crippen molar-refractivity contribution in [3.05, 3.63) is 23.9 Å². The van der Waals surface area contributed by atoms with Gasteiger partial charge in [-0.15, -0.1) is 0 Å². The zero-order valence-electron chi connectivity index (χ0n) is 13.0. The normalized spacial score (nSPS) is 26.3. The van der Waals surface area contributed by atoms with Gasteiger partial charge in [0.1, 0.15) is 11.9 Å². The lowest BCUT2D eigenvalue weighted by Crippen LogP contribution is -2.49. The van der Waals surface area contributed by atoms with Crippen LogP contribution in [0.3, 0.4) is 0 Å². The monoisotopic (exact) mass is 300 g/mol. The second kappa shape index (κ2) is 4.87. The van der Waals surface area contributed by atoms with Gasteiger partial charge in [-0.05, 0) is 32.9 Å². The van der Waals surface area contributed by atoms with E-state index in [0.717, 1.165) is 18.9 Å². The average Bonchev–Trinajstić information content (AvgIpc) is 2.91. The highest BCUT2D eigenvalue weighted by atomic mass is 16.4. The van der Waals surface area contributed by atoms with Crippen molar-refractivity contribution in [1.29, 1.82) is 5.26 Å². The maximum absolute atomic E-state index is 11.6. The summed E-state index contributed by atoms with van der Waals surface area (Å²) >= 11 is 0. The minimum absolute atomic E-state index is 0.118. The summed E-state index contributed by atoms with van der Waals surface area (Å²) in [7, 11) is 0. The van der Waals surface area contributed by atoms with Gasteiger partial charge in [-0.3, -0.25) is 4.90 Å². The fourth-order valence-corrected chi connectivity index (χ4v) is 3.57. The topological polar surface area (TPSA) is 80.5 Å². The first-order chi connectivity index (χ1) is 10.3. The average molecular weight is 300 g/mol. The number of hydrogen-bond acceptors (Lipinski definition) is 4. The Balaban J connectivity index is 1.68. The molecule has 1 N–H and O–H groups in total. The van der Waals surface area contributed by atoms with Gasteiger partial charge in [-0.2, -0.15) is 5.26 Å². The van der Waals surface area contributed by atoms with Crippen molar-refractivity contribution in [3.63, 3.8) is 0 Å². The Labute approximate surface area is 130 Å². The second-order valence-corrected chi connectivity index (χ2v) is 7.06. The van der Waals surface area contributed by atoms with E-state index in [9.17, 15) is 9.90 Å². The minimum atomic E-state index is -0.838. The van der Waals surface area contributed by atoms with Crippen LogP contribution in [0.2, 0.25) is 0 Å². The highest BCUT2D eigenvalue weighted by Crippen LogP contribution is 2.51. The summed E-state index contributed by atoms with van der Waals surface area (Å²) in [6.07, 6.45) is 0.741. The van der Waals surface area contributed by atoms with E-state index in [1.807, 2.05) is 26.8 Å². The minimum Gasteiger partial charge on any atom is -0.465 e. The highest BCUT2D eigenvalue weighted by molar-refractivity contribution is 5.67. The molecule has 6 heteroatoms. The van der Waals surface area contributed by atoms with E-state index in [-0.39, 0.29) is 11.6 Å². The predicted molar refractivity (Wildman–Crippen MR) is 81.5 cm³/mol. The first-order valence-electron chi connectivity index (χ1n) is 7.46. The van der Waals surface area contributed by atoms with Crippen molar-refractivity contribution >= 4 is 11.9 Å². The molecule has 0 spiro atoms. The molecule has 1 aromatic heterocycles.